The molecule has 0 aliphatic rings. The van der Waals surface area contributed by atoms with Crippen molar-refractivity contribution in [3.05, 3.63) is 96.4 Å². The number of rotatable bonds is 14. The van der Waals surface area contributed by atoms with Crippen molar-refractivity contribution in [3.8, 4) is 34.8 Å². The molecular weight excluding hydrogens is 659 g/mol. The number of anilines is 1. The normalized spacial score (nSPS) is 11.7. The van der Waals surface area contributed by atoms with Crippen LogP contribution in [0.2, 0.25) is 0 Å². The van der Waals surface area contributed by atoms with Crippen LogP contribution in [0.15, 0.2) is 95.2 Å². The fraction of sp³-hybridized carbons (Fsp3) is 0.219. The van der Waals surface area contributed by atoms with Crippen molar-refractivity contribution in [2.45, 2.75) is 36.6 Å². The standard InChI is InChI=1S/C32H33N7O7S2/c1-21(2)23-12-15-27(35-20-23)48(42,43)39-29-28(46-26-9-6-5-8-25(26)44-4)32(38-31(37-29)30-33-16-7-17-34-30)45-19-18-36-47(40,41)24-13-10-22(3)11-14-24/h5-17,20-21,36H,18-19H2,1-4H3,(H,37,38,39). The van der Waals surface area contributed by atoms with Crippen LogP contribution in [-0.4, -0.2) is 62.0 Å². The van der Waals surface area contributed by atoms with Gasteiger partial charge in [0.2, 0.25) is 21.6 Å². The van der Waals surface area contributed by atoms with Gasteiger partial charge in [-0.3, -0.25) is 4.72 Å². The summed E-state index contributed by atoms with van der Waals surface area (Å²) >= 11 is 0. The summed E-state index contributed by atoms with van der Waals surface area (Å²) in [6.45, 7) is 5.39. The molecule has 5 rings (SSSR count). The first-order valence-electron chi connectivity index (χ1n) is 14.6. The lowest BCUT2D eigenvalue weighted by Crippen LogP contribution is -2.28. The molecule has 14 nitrogen and oxygen atoms in total. The largest absolute Gasteiger partial charge is 0.493 e. The van der Waals surface area contributed by atoms with Gasteiger partial charge in [0.1, 0.15) is 6.61 Å². The van der Waals surface area contributed by atoms with Crippen LogP contribution in [0, 0.1) is 6.92 Å². The second kappa shape index (κ2) is 14.7. The predicted octanol–water partition coefficient (Wildman–Crippen LogP) is 4.72. The molecule has 0 atom stereocenters. The van der Waals surface area contributed by atoms with E-state index in [0.29, 0.717) is 5.75 Å². The number of nitrogens with one attached hydrogen (secondary N) is 2. The van der Waals surface area contributed by atoms with E-state index in [1.165, 1.54) is 43.9 Å². The van der Waals surface area contributed by atoms with E-state index in [1.54, 1.807) is 48.5 Å². The lowest BCUT2D eigenvalue weighted by Gasteiger charge is -2.18. The fourth-order valence-electron chi connectivity index (χ4n) is 4.21. The van der Waals surface area contributed by atoms with E-state index in [0.717, 1.165) is 11.1 Å². The van der Waals surface area contributed by atoms with E-state index in [4.69, 9.17) is 14.2 Å². The molecule has 0 aliphatic carbocycles. The minimum absolute atomic E-state index is 0.0612. The Bertz CT molecular complexity index is 2080. The average Bonchev–Trinajstić information content (AvgIpc) is 3.08. The third-order valence-corrected chi connectivity index (χ3v) is 9.51. The Hall–Kier alpha value is -5.19. The molecule has 0 spiro atoms. The number of hydrogen-bond acceptors (Lipinski definition) is 12. The number of ether oxygens (including phenoxy) is 3. The van der Waals surface area contributed by atoms with Crippen molar-refractivity contribution in [1.29, 1.82) is 0 Å². The number of hydrogen-bond donors (Lipinski definition) is 2. The zero-order chi connectivity index (χ0) is 34.3. The van der Waals surface area contributed by atoms with Gasteiger partial charge in [-0.05, 0) is 54.8 Å². The first kappa shape index (κ1) is 34.2. The predicted molar refractivity (Wildman–Crippen MR) is 177 cm³/mol. The summed E-state index contributed by atoms with van der Waals surface area (Å²) in [6.07, 6.45) is 4.42. The lowest BCUT2D eigenvalue weighted by molar-refractivity contribution is 0.292. The maximum atomic E-state index is 13.6. The smallest absolute Gasteiger partial charge is 0.280 e. The van der Waals surface area contributed by atoms with E-state index >= 15 is 0 Å². The van der Waals surface area contributed by atoms with Crippen LogP contribution >= 0.6 is 0 Å². The van der Waals surface area contributed by atoms with Crippen molar-refractivity contribution in [2.75, 3.05) is 25.0 Å². The molecule has 2 N–H and O–H groups in total. The van der Waals surface area contributed by atoms with E-state index in [1.807, 2.05) is 20.8 Å². The molecule has 3 heterocycles. The molecule has 0 aliphatic heterocycles. The Balaban J connectivity index is 1.54. The molecule has 0 unspecified atom stereocenters. The highest BCUT2D eigenvalue weighted by atomic mass is 32.2. The maximum absolute atomic E-state index is 13.6. The van der Waals surface area contributed by atoms with E-state index in [2.05, 4.69) is 34.4 Å². The number of para-hydroxylation sites is 2. The zero-order valence-corrected chi connectivity index (χ0v) is 28.1. The van der Waals surface area contributed by atoms with Crippen LogP contribution in [0.4, 0.5) is 5.82 Å². The fourth-order valence-corrected chi connectivity index (χ4v) is 6.16. The number of methoxy groups -OCH3 is 1. The van der Waals surface area contributed by atoms with Gasteiger partial charge in [0, 0.05) is 25.1 Å². The van der Waals surface area contributed by atoms with Crippen molar-refractivity contribution >= 4 is 25.9 Å². The molecule has 0 bridgehead atoms. The molecule has 250 valence electrons. The SMILES string of the molecule is COc1ccccc1Oc1c(NS(=O)(=O)c2ccc(C(C)C)cn2)nc(-c2ncccn2)nc1OCCNS(=O)(=O)c1ccc(C)cc1. The van der Waals surface area contributed by atoms with Gasteiger partial charge < -0.3 is 14.2 Å². The number of nitrogens with zero attached hydrogens (tertiary/aromatic N) is 5. The van der Waals surface area contributed by atoms with Gasteiger partial charge in [0.15, 0.2) is 28.2 Å². The second-order valence-electron chi connectivity index (χ2n) is 10.6. The van der Waals surface area contributed by atoms with Gasteiger partial charge in [-0.15, -0.1) is 0 Å². The molecule has 0 saturated carbocycles. The number of sulfonamides is 2. The Kier molecular flexibility index (Phi) is 10.5. The highest BCUT2D eigenvalue weighted by Gasteiger charge is 2.27. The van der Waals surface area contributed by atoms with Crippen LogP contribution < -0.4 is 23.7 Å². The summed E-state index contributed by atoms with van der Waals surface area (Å²) in [7, 11) is -6.74. The van der Waals surface area contributed by atoms with Gasteiger partial charge in [-0.25, -0.2) is 33.1 Å². The summed E-state index contributed by atoms with van der Waals surface area (Å²) in [4.78, 5) is 21.5. The highest BCUT2D eigenvalue weighted by Crippen LogP contribution is 2.41. The topological polar surface area (TPSA) is 184 Å². The van der Waals surface area contributed by atoms with Crippen molar-refractivity contribution in [2.24, 2.45) is 0 Å². The Morgan fingerprint density at radius 2 is 1.50 bits per heavy atom. The Labute approximate surface area is 278 Å². The summed E-state index contributed by atoms with van der Waals surface area (Å²) in [5, 5.41) is -0.265. The van der Waals surface area contributed by atoms with Crippen LogP contribution in [-0.2, 0) is 20.0 Å². The molecule has 16 heteroatoms. The number of aryl methyl sites for hydroxylation is 1. The van der Waals surface area contributed by atoms with Gasteiger partial charge in [-0.1, -0.05) is 49.7 Å². The van der Waals surface area contributed by atoms with Gasteiger partial charge in [0.05, 0.1) is 12.0 Å². The third-order valence-electron chi connectivity index (χ3n) is 6.78. The third kappa shape index (κ3) is 8.20. The van der Waals surface area contributed by atoms with Crippen LogP contribution in [0.3, 0.4) is 0 Å². The molecule has 2 aromatic carbocycles. The van der Waals surface area contributed by atoms with Crippen LogP contribution in [0.1, 0.15) is 30.9 Å². The molecule has 3 aromatic heterocycles. The molecular formula is C32H33N7O7S2. The minimum Gasteiger partial charge on any atom is -0.493 e. The zero-order valence-electron chi connectivity index (χ0n) is 26.5. The van der Waals surface area contributed by atoms with Crippen molar-refractivity contribution in [3.63, 3.8) is 0 Å². The van der Waals surface area contributed by atoms with Crippen molar-refractivity contribution in [1.82, 2.24) is 29.6 Å². The summed E-state index contributed by atoms with van der Waals surface area (Å²) in [6, 6.07) is 17.7. The van der Waals surface area contributed by atoms with E-state index in [-0.39, 0.29) is 63.8 Å². The summed E-state index contributed by atoms with van der Waals surface area (Å²) in [5.74, 6) is -0.161. The van der Waals surface area contributed by atoms with Crippen molar-refractivity contribution < 1.29 is 31.0 Å². The molecule has 48 heavy (non-hydrogen) atoms. The van der Waals surface area contributed by atoms with Crippen LogP contribution in [0.5, 0.6) is 23.1 Å². The maximum Gasteiger partial charge on any atom is 0.280 e. The van der Waals surface area contributed by atoms with Gasteiger partial charge in [-0.2, -0.15) is 13.4 Å². The quantitative estimate of drug-likeness (QED) is 0.153. The van der Waals surface area contributed by atoms with E-state index in [9.17, 15) is 16.8 Å². The Morgan fingerprint density at radius 1 is 0.792 bits per heavy atom. The van der Waals surface area contributed by atoms with Gasteiger partial charge >= 0.3 is 0 Å². The summed E-state index contributed by atoms with van der Waals surface area (Å²) in [5.41, 5.74) is 1.77. The molecule has 0 fully saturated rings. The van der Waals surface area contributed by atoms with E-state index < -0.39 is 20.0 Å². The molecule has 5 aromatic rings. The molecule has 0 amide bonds. The monoisotopic (exact) mass is 691 g/mol. The number of pyridine rings is 1. The highest BCUT2D eigenvalue weighted by molar-refractivity contribution is 7.92. The Morgan fingerprint density at radius 3 is 2.15 bits per heavy atom. The first-order valence-corrected chi connectivity index (χ1v) is 17.6. The average molecular weight is 692 g/mol. The lowest BCUT2D eigenvalue weighted by atomic mass is 10.1. The van der Waals surface area contributed by atoms with Crippen LogP contribution in [0.25, 0.3) is 11.6 Å². The number of aromatic nitrogens is 5. The van der Waals surface area contributed by atoms with Gasteiger partial charge in [0.25, 0.3) is 15.9 Å². The molecule has 0 radical (unpaired) electrons. The second-order valence-corrected chi connectivity index (χ2v) is 14.0. The summed E-state index contributed by atoms with van der Waals surface area (Å²) < 4.78 is 75.4. The number of benzene rings is 2. The first-order chi connectivity index (χ1) is 23.0. The molecule has 0 saturated heterocycles. The minimum atomic E-state index is -4.33.